The molecule has 2 amide bonds. The van der Waals surface area contributed by atoms with Crippen LogP contribution in [0.25, 0.3) is 16.9 Å². The van der Waals surface area contributed by atoms with Gasteiger partial charge in [0.1, 0.15) is 23.6 Å². The number of aliphatic hydroxyl groups excluding tert-OH is 1. The third kappa shape index (κ3) is 5.00. The van der Waals surface area contributed by atoms with Crippen molar-refractivity contribution in [1.29, 1.82) is 0 Å². The number of carbonyl (C=O) groups excluding carboxylic acids is 2. The molecule has 11 nitrogen and oxygen atoms in total. The quantitative estimate of drug-likeness (QED) is 0.345. The van der Waals surface area contributed by atoms with E-state index < -0.39 is 5.91 Å². The number of methoxy groups -OCH3 is 1. The van der Waals surface area contributed by atoms with Gasteiger partial charge in [-0.3, -0.25) is 14.3 Å². The molecule has 37 heavy (non-hydrogen) atoms. The number of carbonyl (C=O) groups is 2. The summed E-state index contributed by atoms with van der Waals surface area (Å²) in [6, 6.07) is 6.80. The van der Waals surface area contributed by atoms with Crippen LogP contribution in [0.3, 0.4) is 0 Å². The van der Waals surface area contributed by atoms with Crippen molar-refractivity contribution in [2.75, 3.05) is 32.6 Å². The number of hydrogen-bond acceptors (Lipinski definition) is 7. The molecule has 0 spiro atoms. The summed E-state index contributed by atoms with van der Waals surface area (Å²) < 4.78 is 8.48. The number of rotatable bonds is 9. The van der Waals surface area contributed by atoms with Gasteiger partial charge in [0.05, 0.1) is 25.6 Å². The second kappa shape index (κ2) is 9.83. The molecule has 1 aliphatic carbocycles. The lowest BCUT2D eigenvalue weighted by atomic mass is 10.1. The number of benzene rings is 1. The number of halogens is 1. The van der Waals surface area contributed by atoms with Crippen LogP contribution in [0.4, 0.5) is 5.69 Å². The molecule has 4 aromatic rings. The summed E-state index contributed by atoms with van der Waals surface area (Å²) in [6.07, 6.45) is 8.11. The summed E-state index contributed by atoms with van der Waals surface area (Å²) in [5.74, 6) is -0.0982. The van der Waals surface area contributed by atoms with Crippen LogP contribution in [0.1, 0.15) is 23.2 Å². The van der Waals surface area contributed by atoms with E-state index in [0.717, 1.165) is 12.8 Å². The Labute approximate surface area is 217 Å². The van der Waals surface area contributed by atoms with E-state index in [4.69, 9.17) is 16.3 Å². The molecule has 0 saturated heterocycles. The van der Waals surface area contributed by atoms with Gasteiger partial charge in [-0.1, -0.05) is 11.6 Å². The van der Waals surface area contributed by atoms with Crippen molar-refractivity contribution in [2.45, 2.75) is 19.4 Å². The topological polar surface area (TPSA) is 127 Å². The van der Waals surface area contributed by atoms with Crippen LogP contribution < -0.4 is 10.1 Å². The van der Waals surface area contributed by atoms with Crippen LogP contribution in [0, 0.1) is 5.41 Å². The molecule has 3 heterocycles. The zero-order chi connectivity index (χ0) is 26.2. The molecule has 0 atom stereocenters. The number of amides is 2. The largest absolute Gasteiger partial charge is 0.496 e. The highest BCUT2D eigenvalue weighted by molar-refractivity contribution is 6.31. The Kier molecular flexibility index (Phi) is 6.57. The number of nitrogens with zero attached hydrogens (tertiary/aromatic N) is 6. The van der Waals surface area contributed by atoms with E-state index in [0.29, 0.717) is 39.9 Å². The van der Waals surface area contributed by atoms with Crippen molar-refractivity contribution in [3.8, 4) is 17.0 Å². The number of aromatic nitrogens is 5. The van der Waals surface area contributed by atoms with Crippen molar-refractivity contribution < 1.29 is 19.4 Å². The zero-order valence-corrected chi connectivity index (χ0v) is 21.1. The summed E-state index contributed by atoms with van der Waals surface area (Å²) >= 11 is 6.26. The summed E-state index contributed by atoms with van der Waals surface area (Å²) in [4.78, 5) is 32.0. The Morgan fingerprint density at radius 1 is 1.32 bits per heavy atom. The van der Waals surface area contributed by atoms with Gasteiger partial charge < -0.3 is 20.1 Å². The minimum Gasteiger partial charge on any atom is -0.496 e. The number of ether oxygens (including phenoxy) is 1. The maximum Gasteiger partial charge on any atom is 0.261 e. The normalized spacial score (nSPS) is 13.9. The van der Waals surface area contributed by atoms with E-state index in [2.05, 4.69) is 20.5 Å². The molecule has 0 aliphatic heterocycles. The van der Waals surface area contributed by atoms with Gasteiger partial charge in [0, 0.05) is 48.2 Å². The SMILES string of the molecule is COc1ccc(Cl)cc1-c1nn(CC(=O)N(C)CC2(CO)CC2)cc1NC(=O)c1cnn2cccnc12. The maximum atomic E-state index is 13.2. The van der Waals surface area contributed by atoms with Gasteiger partial charge in [-0.25, -0.2) is 9.50 Å². The Hall–Kier alpha value is -3.96. The maximum absolute atomic E-state index is 13.2. The lowest BCUT2D eigenvalue weighted by molar-refractivity contribution is -0.131. The number of fused-ring (bicyclic) bond motifs is 1. The van der Waals surface area contributed by atoms with Gasteiger partial charge in [0.2, 0.25) is 5.91 Å². The molecule has 12 heteroatoms. The molecule has 1 aromatic carbocycles. The fraction of sp³-hybridized carbons (Fsp3) is 0.320. The molecular formula is C25H26ClN7O4. The molecule has 3 aromatic heterocycles. The minimum atomic E-state index is -0.433. The van der Waals surface area contributed by atoms with E-state index in [9.17, 15) is 14.7 Å². The summed E-state index contributed by atoms with van der Waals surface area (Å²) in [5, 5.41) is 21.7. The lowest BCUT2D eigenvalue weighted by Gasteiger charge is -2.22. The zero-order valence-electron chi connectivity index (χ0n) is 20.4. The van der Waals surface area contributed by atoms with Crippen molar-refractivity contribution in [3.05, 3.63) is 59.6 Å². The first-order chi connectivity index (χ1) is 17.8. The molecule has 0 unspecified atom stereocenters. The molecule has 1 aliphatic rings. The standard InChI is InChI=1S/C25H26ClN7O4/c1-31(14-25(15-34)6-7-25)21(35)13-32-12-19(22(30-32)17-10-16(26)4-5-20(17)37-2)29-24(36)18-11-28-33-9-3-8-27-23(18)33/h3-5,8-12,34H,6-7,13-15H2,1-2H3,(H,29,36). The lowest BCUT2D eigenvalue weighted by Crippen LogP contribution is -2.36. The van der Waals surface area contributed by atoms with Gasteiger partial charge in [-0.2, -0.15) is 10.2 Å². The molecule has 0 radical (unpaired) electrons. The van der Waals surface area contributed by atoms with E-state index >= 15 is 0 Å². The van der Waals surface area contributed by atoms with Crippen LogP contribution in [-0.4, -0.2) is 73.5 Å². The molecule has 192 valence electrons. The van der Waals surface area contributed by atoms with Gasteiger partial charge in [0.25, 0.3) is 5.91 Å². The van der Waals surface area contributed by atoms with Crippen LogP contribution in [0.2, 0.25) is 5.02 Å². The average Bonchev–Trinajstić information content (AvgIpc) is 3.35. The van der Waals surface area contributed by atoms with Gasteiger partial charge in [-0.05, 0) is 37.1 Å². The van der Waals surface area contributed by atoms with Gasteiger partial charge in [0.15, 0.2) is 5.65 Å². The van der Waals surface area contributed by atoms with E-state index in [1.807, 2.05) is 0 Å². The van der Waals surface area contributed by atoms with Crippen LogP contribution in [0.5, 0.6) is 5.75 Å². The van der Waals surface area contributed by atoms with Crippen LogP contribution in [-0.2, 0) is 11.3 Å². The highest BCUT2D eigenvalue weighted by atomic mass is 35.5. The van der Waals surface area contributed by atoms with Crippen LogP contribution >= 0.6 is 11.6 Å². The average molecular weight is 524 g/mol. The molecule has 5 rings (SSSR count). The summed E-state index contributed by atoms with van der Waals surface area (Å²) in [5.41, 5.74) is 1.80. The third-order valence-corrected chi connectivity index (χ3v) is 6.77. The Balaban J connectivity index is 1.46. The second-order valence-electron chi connectivity index (χ2n) is 9.24. The number of nitrogens with one attached hydrogen (secondary N) is 1. The van der Waals surface area contributed by atoms with Crippen molar-refractivity contribution in [3.63, 3.8) is 0 Å². The highest BCUT2D eigenvalue weighted by Gasteiger charge is 2.43. The smallest absolute Gasteiger partial charge is 0.261 e. The molecule has 0 bridgehead atoms. The second-order valence-corrected chi connectivity index (χ2v) is 9.68. The van der Waals surface area contributed by atoms with Gasteiger partial charge >= 0.3 is 0 Å². The van der Waals surface area contributed by atoms with E-state index in [1.165, 1.54) is 22.5 Å². The van der Waals surface area contributed by atoms with Gasteiger partial charge in [-0.15, -0.1) is 0 Å². The van der Waals surface area contributed by atoms with E-state index in [-0.39, 0.29) is 30.0 Å². The fourth-order valence-electron chi connectivity index (χ4n) is 4.23. The molecule has 2 N–H and O–H groups in total. The molecule has 1 fully saturated rings. The number of anilines is 1. The number of aliphatic hydroxyl groups is 1. The van der Waals surface area contributed by atoms with Crippen LogP contribution in [0.15, 0.2) is 49.1 Å². The predicted octanol–water partition coefficient (Wildman–Crippen LogP) is 2.74. The number of likely N-dealkylation sites (N-methyl/N-ethyl adjacent to an activating group) is 1. The first kappa shape index (κ1) is 24.7. The first-order valence-electron chi connectivity index (χ1n) is 11.7. The highest BCUT2D eigenvalue weighted by Crippen LogP contribution is 2.45. The van der Waals surface area contributed by atoms with Crippen molar-refractivity contribution in [2.24, 2.45) is 5.41 Å². The fourth-order valence-corrected chi connectivity index (χ4v) is 4.40. The molecular weight excluding hydrogens is 498 g/mol. The Bertz CT molecular complexity index is 1480. The molecule has 1 saturated carbocycles. The Morgan fingerprint density at radius 2 is 2.14 bits per heavy atom. The number of hydrogen-bond donors (Lipinski definition) is 2. The first-order valence-corrected chi connectivity index (χ1v) is 12.1. The van der Waals surface area contributed by atoms with E-state index in [1.54, 1.807) is 54.8 Å². The predicted molar refractivity (Wildman–Crippen MR) is 137 cm³/mol. The van der Waals surface area contributed by atoms with Crippen molar-refractivity contribution >= 4 is 34.7 Å². The minimum absolute atomic E-state index is 0.0535. The van der Waals surface area contributed by atoms with Crippen molar-refractivity contribution in [1.82, 2.24) is 29.3 Å². The Morgan fingerprint density at radius 3 is 2.86 bits per heavy atom. The monoisotopic (exact) mass is 523 g/mol. The summed E-state index contributed by atoms with van der Waals surface area (Å²) in [7, 11) is 3.24. The summed E-state index contributed by atoms with van der Waals surface area (Å²) in [6.45, 7) is 0.478. The third-order valence-electron chi connectivity index (χ3n) is 6.54.